The molecule has 0 spiro atoms. The van der Waals surface area contributed by atoms with Gasteiger partial charge >= 0.3 is 0 Å². The van der Waals surface area contributed by atoms with Crippen molar-refractivity contribution in [3.63, 3.8) is 0 Å². The predicted octanol–water partition coefficient (Wildman–Crippen LogP) is 5.02. The van der Waals surface area contributed by atoms with E-state index in [1.54, 1.807) is 4.90 Å². The molecule has 1 heterocycles. The maximum Gasteiger partial charge on any atom is 0.252 e. The highest BCUT2D eigenvalue weighted by Gasteiger charge is 2.43. The molecule has 33 heavy (non-hydrogen) atoms. The van der Waals surface area contributed by atoms with E-state index in [0.717, 1.165) is 22.0 Å². The first-order valence-corrected chi connectivity index (χ1v) is 12.0. The van der Waals surface area contributed by atoms with E-state index >= 15 is 0 Å². The molecule has 1 N–H and O–H groups in total. The van der Waals surface area contributed by atoms with Crippen LogP contribution in [0.1, 0.15) is 17.5 Å². The van der Waals surface area contributed by atoms with Crippen LogP contribution in [0.5, 0.6) is 0 Å². The number of carbonyl (C=O) groups excluding carboxylic acids is 2. The van der Waals surface area contributed by atoms with E-state index < -0.39 is 6.04 Å². The molecule has 4 rings (SSSR count). The normalized spacial score (nSPS) is 15.7. The zero-order chi connectivity index (χ0) is 23.2. The third kappa shape index (κ3) is 5.86. The fourth-order valence-electron chi connectivity index (χ4n) is 3.87. The van der Waals surface area contributed by atoms with Gasteiger partial charge in [0.25, 0.3) is 5.91 Å². The highest BCUT2D eigenvalue weighted by molar-refractivity contribution is 9.10. The van der Waals surface area contributed by atoms with Crippen molar-refractivity contribution in [2.45, 2.75) is 25.4 Å². The van der Waals surface area contributed by atoms with Crippen LogP contribution in [-0.4, -0.2) is 39.3 Å². The summed E-state index contributed by atoms with van der Waals surface area (Å²) in [6.07, 6.45) is 0.771. The molecule has 3 aromatic carbocycles. The number of nitrogens with zero attached hydrogens (tertiary/aromatic N) is 2. The molecule has 1 fully saturated rings. The minimum absolute atomic E-state index is 0.0368. The molecule has 1 aliphatic rings. The molecule has 7 heteroatoms. The number of anilines is 1. The molecular formula is C26H24BrN3O2S. The summed E-state index contributed by atoms with van der Waals surface area (Å²) in [5.74, 6) is -0.354. The van der Waals surface area contributed by atoms with E-state index in [4.69, 9.17) is 12.2 Å². The van der Waals surface area contributed by atoms with Crippen LogP contribution in [0.25, 0.3) is 0 Å². The summed E-state index contributed by atoms with van der Waals surface area (Å²) in [6, 6.07) is 26.6. The number of rotatable bonds is 8. The molecule has 1 aliphatic heterocycles. The van der Waals surface area contributed by atoms with Gasteiger partial charge in [-0.25, -0.2) is 0 Å². The number of hydrogen-bond donors (Lipinski definition) is 1. The molecule has 1 saturated heterocycles. The monoisotopic (exact) mass is 521 g/mol. The van der Waals surface area contributed by atoms with Crippen LogP contribution in [0, 0.1) is 0 Å². The zero-order valence-electron chi connectivity index (χ0n) is 18.0. The summed E-state index contributed by atoms with van der Waals surface area (Å²) < 4.78 is 0.931. The number of amides is 2. The summed E-state index contributed by atoms with van der Waals surface area (Å²) in [7, 11) is 0. The highest BCUT2D eigenvalue weighted by Crippen LogP contribution is 2.24. The Balaban J connectivity index is 1.50. The molecule has 0 aromatic heterocycles. The average Bonchev–Trinajstić information content (AvgIpc) is 3.04. The Labute approximate surface area is 207 Å². The van der Waals surface area contributed by atoms with Crippen molar-refractivity contribution < 1.29 is 9.59 Å². The summed E-state index contributed by atoms with van der Waals surface area (Å²) >= 11 is 9.11. The van der Waals surface area contributed by atoms with Crippen LogP contribution in [0.4, 0.5) is 5.69 Å². The fraction of sp³-hybridized carbons (Fsp3) is 0.192. The Bertz CT molecular complexity index is 1120. The van der Waals surface area contributed by atoms with Gasteiger partial charge in [0.05, 0.1) is 13.0 Å². The molecule has 168 valence electrons. The lowest BCUT2D eigenvalue weighted by molar-refractivity contribution is -0.131. The second kappa shape index (κ2) is 10.7. The van der Waals surface area contributed by atoms with Crippen molar-refractivity contribution in [2.24, 2.45) is 0 Å². The first kappa shape index (κ1) is 23.1. The van der Waals surface area contributed by atoms with Gasteiger partial charge in [-0.15, -0.1) is 0 Å². The van der Waals surface area contributed by atoms with Gasteiger partial charge in [-0.2, -0.15) is 0 Å². The third-order valence-corrected chi connectivity index (χ3v) is 6.56. The van der Waals surface area contributed by atoms with Crippen molar-refractivity contribution in [1.82, 2.24) is 9.80 Å². The molecule has 2 amide bonds. The molecule has 1 unspecified atom stereocenters. The number of hydrogen-bond acceptors (Lipinski definition) is 3. The Kier molecular flexibility index (Phi) is 7.52. The smallest absolute Gasteiger partial charge is 0.252 e. The van der Waals surface area contributed by atoms with Crippen molar-refractivity contribution in [2.75, 3.05) is 11.9 Å². The first-order valence-electron chi connectivity index (χ1n) is 10.8. The number of halogens is 1. The lowest BCUT2D eigenvalue weighted by atomic mass is 10.1. The maximum absolute atomic E-state index is 13.4. The van der Waals surface area contributed by atoms with Crippen molar-refractivity contribution in [1.29, 1.82) is 0 Å². The predicted molar refractivity (Wildman–Crippen MR) is 138 cm³/mol. The number of nitrogens with one attached hydrogen (secondary N) is 1. The number of benzene rings is 3. The minimum atomic E-state index is -0.625. The Morgan fingerprint density at radius 2 is 1.52 bits per heavy atom. The number of carbonyl (C=O) groups is 2. The van der Waals surface area contributed by atoms with Gasteiger partial charge in [0.1, 0.15) is 6.04 Å². The van der Waals surface area contributed by atoms with Gasteiger partial charge < -0.3 is 10.2 Å². The van der Waals surface area contributed by atoms with Gasteiger partial charge in [0.15, 0.2) is 5.11 Å². The molecule has 3 aromatic rings. The second-order valence-electron chi connectivity index (χ2n) is 7.90. The zero-order valence-corrected chi connectivity index (χ0v) is 20.4. The molecule has 0 bridgehead atoms. The lowest BCUT2D eigenvalue weighted by Gasteiger charge is -2.24. The summed E-state index contributed by atoms with van der Waals surface area (Å²) in [4.78, 5) is 29.7. The van der Waals surface area contributed by atoms with Crippen LogP contribution >= 0.6 is 28.1 Å². The Morgan fingerprint density at radius 1 is 0.909 bits per heavy atom. The summed E-state index contributed by atoms with van der Waals surface area (Å²) in [6.45, 7) is 0.960. The molecular weight excluding hydrogens is 498 g/mol. The van der Waals surface area contributed by atoms with Crippen molar-refractivity contribution in [3.8, 4) is 0 Å². The van der Waals surface area contributed by atoms with E-state index in [1.807, 2.05) is 77.7 Å². The van der Waals surface area contributed by atoms with E-state index in [-0.39, 0.29) is 18.2 Å². The molecule has 5 nitrogen and oxygen atoms in total. The van der Waals surface area contributed by atoms with Gasteiger partial charge in [0.2, 0.25) is 5.91 Å². The summed E-state index contributed by atoms with van der Waals surface area (Å²) in [5, 5.41) is 3.36. The van der Waals surface area contributed by atoms with Crippen LogP contribution in [0.2, 0.25) is 0 Å². The van der Waals surface area contributed by atoms with Crippen LogP contribution in [-0.2, 0) is 22.6 Å². The first-order chi connectivity index (χ1) is 16.0. The average molecular weight is 522 g/mol. The quantitative estimate of drug-likeness (QED) is 0.423. The maximum atomic E-state index is 13.4. The van der Waals surface area contributed by atoms with Crippen LogP contribution < -0.4 is 5.32 Å². The van der Waals surface area contributed by atoms with E-state index in [9.17, 15) is 9.59 Å². The third-order valence-electron chi connectivity index (χ3n) is 5.58. The number of thiocarbonyl (C=S) groups is 1. The van der Waals surface area contributed by atoms with E-state index in [1.165, 1.54) is 0 Å². The SMILES string of the molecule is O=C(CC1C(=O)N(Cc2ccccc2)C(=S)N1CCc1ccccc1)Nc1ccc(Br)cc1. The molecule has 0 aliphatic carbocycles. The van der Waals surface area contributed by atoms with Gasteiger partial charge in [-0.1, -0.05) is 76.6 Å². The van der Waals surface area contributed by atoms with Crippen LogP contribution in [0.3, 0.4) is 0 Å². The fourth-order valence-corrected chi connectivity index (χ4v) is 4.51. The Hall–Kier alpha value is -3.03. The lowest BCUT2D eigenvalue weighted by Crippen LogP contribution is -2.39. The molecule has 1 atom stereocenters. The molecule has 0 radical (unpaired) electrons. The van der Waals surface area contributed by atoms with Gasteiger partial charge in [-0.05, 0) is 54.0 Å². The second-order valence-corrected chi connectivity index (χ2v) is 9.18. The van der Waals surface area contributed by atoms with Crippen molar-refractivity contribution in [3.05, 3.63) is 101 Å². The van der Waals surface area contributed by atoms with Crippen molar-refractivity contribution >= 4 is 50.8 Å². The molecule has 0 saturated carbocycles. The summed E-state index contributed by atoms with van der Waals surface area (Å²) in [5.41, 5.74) is 2.84. The standard InChI is InChI=1S/C26H24BrN3O2S/c27-21-11-13-22(14-12-21)28-24(31)17-23-25(32)30(18-20-9-5-2-6-10-20)26(33)29(23)16-15-19-7-3-1-4-8-19/h1-14,23H,15-18H2,(H,28,31). The van der Waals surface area contributed by atoms with E-state index in [0.29, 0.717) is 23.9 Å². The Morgan fingerprint density at radius 3 is 2.15 bits per heavy atom. The highest BCUT2D eigenvalue weighted by atomic mass is 79.9. The van der Waals surface area contributed by atoms with Gasteiger partial charge in [-0.3, -0.25) is 14.5 Å². The van der Waals surface area contributed by atoms with Crippen LogP contribution in [0.15, 0.2) is 89.4 Å². The van der Waals surface area contributed by atoms with E-state index in [2.05, 4.69) is 33.4 Å². The minimum Gasteiger partial charge on any atom is -0.336 e. The van der Waals surface area contributed by atoms with Gasteiger partial charge in [0, 0.05) is 16.7 Å². The topological polar surface area (TPSA) is 52.7 Å². The largest absolute Gasteiger partial charge is 0.336 e.